The van der Waals surface area contributed by atoms with E-state index in [4.69, 9.17) is 4.74 Å². The fourth-order valence-electron chi connectivity index (χ4n) is 2.02. The van der Waals surface area contributed by atoms with E-state index in [0.717, 1.165) is 10.6 Å². The first-order chi connectivity index (χ1) is 9.99. The van der Waals surface area contributed by atoms with Gasteiger partial charge >= 0.3 is 6.18 Å². The molecule has 0 aliphatic heterocycles. The van der Waals surface area contributed by atoms with Gasteiger partial charge < -0.3 is 4.74 Å². The van der Waals surface area contributed by atoms with Crippen molar-refractivity contribution in [3.05, 3.63) is 48.3 Å². The molecule has 0 aliphatic carbocycles. The first-order valence-electron chi connectivity index (χ1n) is 6.05. The van der Waals surface area contributed by atoms with E-state index in [9.17, 15) is 13.2 Å². The van der Waals surface area contributed by atoms with Gasteiger partial charge in [0.1, 0.15) is 5.75 Å². The van der Waals surface area contributed by atoms with Gasteiger partial charge in [-0.1, -0.05) is 0 Å². The van der Waals surface area contributed by atoms with Crippen LogP contribution in [-0.4, -0.2) is 21.7 Å². The van der Waals surface area contributed by atoms with Gasteiger partial charge in [-0.05, 0) is 30.3 Å². The molecule has 3 aromatic rings. The zero-order valence-electron chi connectivity index (χ0n) is 10.9. The van der Waals surface area contributed by atoms with Crippen molar-refractivity contribution in [3.63, 3.8) is 0 Å². The average molecular weight is 293 g/mol. The Labute approximate surface area is 117 Å². The lowest BCUT2D eigenvalue weighted by atomic mass is 10.1. The molecule has 0 spiro atoms. The van der Waals surface area contributed by atoms with Crippen LogP contribution in [0.15, 0.2) is 42.6 Å². The molecule has 0 N–H and O–H groups in total. The van der Waals surface area contributed by atoms with Gasteiger partial charge in [0.05, 0.1) is 19.0 Å². The van der Waals surface area contributed by atoms with Gasteiger partial charge in [-0.2, -0.15) is 18.3 Å². The predicted molar refractivity (Wildman–Crippen MR) is 70.0 cm³/mol. The minimum Gasteiger partial charge on any atom is -0.497 e. The summed E-state index contributed by atoms with van der Waals surface area (Å²) in [7, 11) is 1.52. The summed E-state index contributed by atoms with van der Waals surface area (Å²) >= 11 is 0. The minimum absolute atomic E-state index is 0.149. The zero-order chi connectivity index (χ0) is 15.0. The molecule has 0 radical (unpaired) electrons. The van der Waals surface area contributed by atoms with Crippen LogP contribution in [-0.2, 0) is 6.18 Å². The van der Waals surface area contributed by atoms with Gasteiger partial charge in [0, 0.05) is 11.6 Å². The summed E-state index contributed by atoms with van der Waals surface area (Å²) < 4.78 is 45.1. The summed E-state index contributed by atoms with van der Waals surface area (Å²) in [5.74, 6) is 0.625. The van der Waals surface area contributed by atoms with Gasteiger partial charge in [-0.3, -0.25) is 0 Å². The number of halogens is 3. The third-order valence-electron chi connectivity index (χ3n) is 3.04. The molecule has 0 fully saturated rings. The van der Waals surface area contributed by atoms with Crippen molar-refractivity contribution in [2.24, 2.45) is 0 Å². The Hall–Kier alpha value is -2.57. The van der Waals surface area contributed by atoms with Gasteiger partial charge in [0.25, 0.3) is 0 Å². The Bertz CT molecular complexity index is 778. The second-order valence-corrected chi connectivity index (χ2v) is 4.35. The molecule has 0 amide bonds. The highest BCUT2D eigenvalue weighted by atomic mass is 19.4. The van der Waals surface area contributed by atoms with Crippen LogP contribution in [0.25, 0.3) is 16.9 Å². The van der Waals surface area contributed by atoms with Crippen LogP contribution in [0.4, 0.5) is 13.2 Å². The lowest BCUT2D eigenvalue weighted by molar-refractivity contribution is -0.142. The Kier molecular flexibility index (Phi) is 3.04. The van der Waals surface area contributed by atoms with Crippen LogP contribution in [0, 0.1) is 0 Å². The highest BCUT2D eigenvalue weighted by molar-refractivity contribution is 5.63. The Balaban J connectivity index is 2.18. The molecule has 2 heterocycles. The van der Waals surface area contributed by atoms with Gasteiger partial charge in [0.15, 0.2) is 11.3 Å². The van der Waals surface area contributed by atoms with Crippen molar-refractivity contribution in [1.82, 2.24) is 14.6 Å². The van der Waals surface area contributed by atoms with Crippen molar-refractivity contribution >= 4 is 5.65 Å². The quantitative estimate of drug-likeness (QED) is 0.726. The SMILES string of the molecule is COc1ccc(-c2cc(C(F)(F)F)n3nccc3n2)cc1. The highest BCUT2D eigenvalue weighted by Crippen LogP contribution is 2.32. The largest absolute Gasteiger partial charge is 0.497 e. The van der Waals surface area contributed by atoms with Crippen LogP contribution in [0.3, 0.4) is 0 Å². The van der Waals surface area contributed by atoms with E-state index >= 15 is 0 Å². The van der Waals surface area contributed by atoms with Crippen molar-refractivity contribution in [2.75, 3.05) is 7.11 Å². The summed E-state index contributed by atoms with van der Waals surface area (Å²) in [6.07, 6.45) is -3.22. The maximum atomic E-state index is 13.1. The standard InChI is InChI=1S/C14H10F3N3O/c1-21-10-4-2-9(3-5-10)11-8-12(14(15,16)17)20-13(19-11)6-7-18-20/h2-8H,1H3. The third kappa shape index (κ3) is 2.42. The topological polar surface area (TPSA) is 39.4 Å². The molecule has 0 atom stereocenters. The van der Waals surface area contributed by atoms with E-state index in [1.54, 1.807) is 24.3 Å². The normalized spacial score (nSPS) is 11.8. The first-order valence-corrected chi connectivity index (χ1v) is 6.05. The molecule has 0 bridgehead atoms. The zero-order valence-corrected chi connectivity index (χ0v) is 10.9. The second kappa shape index (κ2) is 4.76. The number of methoxy groups -OCH3 is 1. The highest BCUT2D eigenvalue weighted by Gasteiger charge is 2.35. The van der Waals surface area contributed by atoms with Crippen molar-refractivity contribution in [1.29, 1.82) is 0 Å². The lowest BCUT2D eigenvalue weighted by Gasteiger charge is -2.11. The lowest BCUT2D eigenvalue weighted by Crippen LogP contribution is -2.13. The maximum Gasteiger partial charge on any atom is 0.433 e. The molecule has 7 heteroatoms. The molecule has 0 saturated carbocycles. The molecule has 0 saturated heterocycles. The number of aromatic nitrogens is 3. The van der Waals surface area contributed by atoms with Crippen LogP contribution in [0.5, 0.6) is 5.75 Å². The molecule has 21 heavy (non-hydrogen) atoms. The van der Waals surface area contributed by atoms with E-state index in [-0.39, 0.29) is 11.3 Å². The first kappa shape index (κ1) is 13.4. The van der Waals surface area contributed by atoms with Crippen LogP contribution < -0.4 is 4.74 Å². The summed E-state index contributed by atoms with van der Waals surface area (Å²) in [5.41, 5.74) is 0.0990. The predicted octanol–water partition coefficient (Wildman–Crippen LogP) is 3.42. The van der Waals surface area contributed by atoms with Crippen molar-refractivity contribution in [2.45, 2.75) is 6.18 Å². The number of hydrogen-bond acceptors (Lipinski definition) is 3. The van der Waals surface area contributed by atoms with Crippen molar-refractivity contribution < 1.29 is 17.9 Å². The van der Waals surface area contributed by atoms with Crippen LogP contribution in [0.1, 0.15) is 5.69 Å². The Morgan fingerprint density at radius 3 is 2.43 bits per heavy atom. The van der Waals surface area contributed by atoms with E-state index in [2.05, 4.69) is 10.1 Å². The van der Waals surface area contributed by atoms with E-state index in [1.165, 1.54) is 19.4 Å². The maximum absolute atomic E-state index is 13.1. The van der Waals surface area contributed by atoms with Gasteiger partial charge in [0.2, 0.25) is 0 Å². The molecular formula is C14H10F3N3O. The third-order valence-corrected chi connectivity index (χ3v) is 3.04. The Morgan fingerprint density at radius 2 is 1.81 bits per heavy atom. The van der Waals surface area contributed by atoms with Gasteiger partial charge in [-0.25, -0.2) is 9.50 Å². The number of fused-ring (bicyclic) bond motifs is 1. The number of hydrogen-bond donors (Lipinski definition) is 0. The number of nitrogens with zero attached hydrogens (tertiary/aromatic N) is 3. The molecular weight excluding hydrogens is 283 g/mol. The van der Waals surface area contributed by atoms with Crippen LogP contribution in [0.2, 0.25) is 0 Å². The molecule has 4 nitrogen and oxygen atoms in total. The van der Waals surface area contributed by atoms with Gasteiger partial charge in [-0.15, -0.1) is 0 Å². The van der Waals surface area contributed by atoms with E-state index in [0.29, 0.717) is 11.3 Å². The van der Waals surface area contributed by atoms with Crippen LogP contribution >= 0.6 is 0 Å². The fourth-order valence-corrected chi connectivity index (χ4v) is 2.02. The summed E-state index contributed by atoms with van der Waals surface area (Å²) in [4.78, 5) is 4.19. The number of rotatable bonds is 2. The fraction of sp³-hybridized carbons (Fsp3) is 0.143. The number of benzene rings is 1. The minimum atomic E-state index is -4.51. The second-order valence-electron chi connectivity index (χ2n) is 4.35. The molecule has 0 unspecified atom stereocenters. The monoisotopic (exact) mass is 293 g/mol. The number of alkyl halides is 3. The summed E-state index contributed by atoms with van der Waals surface area (Å²) in [6.45, 7) is 0. The summed E-state index contributed by atoms with van der Waals surface area (Å²) in [6, 6.07) is 9.09. The smallest absolute Gasteiger partial charge is 0.433 e. The van der Waals surface area contributed by atoms with E-state index < -0.39 is 11.9 Å². The Morgan fingerprint density at radius 1 is 1.10 bits per heavy atom. The molecule has 1 aromatic carbocycles. The molecule has 2 aromatic heterocycles. The molecule has 108 valence electrons. The molecule has 3 rings (SSSR count). The van der Waals surface area contributed by atoms with Crippen molar-refractivity contribution in [3.8, 4) is 17.0 Å². The average Bonchev–Trinajstić information content (AvgIpc) is 2.93. The number of ether oxygens (including phenoxy) is 1. The summed E-state index contributed by atoms with van der Waals surface area (Å²) in [5, 5.41) is 3.66. The molecule has 0 aliphatic rings. The van der Waals surface area contributed by atoms with E-state index in [1.807, 2.05) is 0 Å².